The summed E-state index contributed by atoms with van der Waals surface area (Å²) in [5.74, 6) is 0. The predicted octanol–water partition coefficient (Wildman–Crippen LogP) is -1.26. The van der Waals surface area contributed by atoms with Crippen LogP contribution in [0.15, 0.2) is 0 Å². The number of hydrogen-bond donors (Lipinski definition) is 2. The summed E-state index contributed by atoms with van der Waals surface area (Å²) < 4.78 is 4.67. The smallest absolute Gasteiger partial charge is 0.105 e. The topological polar surface area (TPSA) is 49.7 Å². The van der Waals surface area contributed by atoms with Crippen LogP contribution in [0, 0.1) is 0 Å². The average molecular weight is 104 g/mol. The van der Waals surface area contributed by atoms with Crippen molar-refractivity contribution in [1.29, 1.82) is 0 Å². The van der Waals surface area contributed by atoms with Gasteiger partial charge in [0.2, 0.25) is 0 Å². The average Bonchev–Trinajstić information content (AvgIpc) is 1.91. The Morgan fingerprint density at radius 2 is 1.57 bits per heavy atom. The molecule has 1 saturated heterocycles. The van der Waals surface area contributed by atoms with E-state index < -0.39 is 12.2 Å². The zero-order valence-corrected chi connectivity index (χ0v) is 3.87. The third kappa shape index (κ3) is 0.907. The molecule has 0 bridgehead atoms. The molecule has 0 amide bonds. The number of aliphatic hydroxyl groups is 2. The summed E-state index contributed by atoms with van der Waals surface area (Å²) in [6.07, 6.45) is -1.31. The fraction of sp³-hybridized carbons (Fsp3) is 1.00. The molecule has 0 saturated carbocycles. The Morgan fingerprint density at radius 3 is 1.71 bits per heavy atom. The molecule has 0 aromatic rings. The second-order valence-corrected chi connectivity index (χ2v) is 1.67. The molecule has 0 radical (unpaired) electrons. The molecule has 1 aliphatic heterocycles. The van der Waals surface area contributed by atoms with Crippen molar-refractivity contribution in [1.82, 2.24) is 0 Å². The van der Waals surface area contributed by atoms with E-state index in [0.717, 1.165) is 0 Å². The highest BCUT2D eigenvalue weighted by Gasteiger charge is 2.22. The first kappa shape index (κ1) is 5.03. The minimum atomic E-state index is -0.653. The SMILES string of the molecule is O[C@@H]1COC[C@H]1O. The maximum Gasteiger partial charge on any atom is 0.105 e. The molecule has 3 nitrogen and oxygen atoms in total. The molecule has 1 rings (SSSR count). The fourth-order valence-corrected chi connectivity index (χ4v) is 0.532. The highest BCUT2D eigenvalue weighted by atomic mass is 16.5. The van der Waals surface area contributed by atoms with Crippen LogP contribution < -0.4 is 0 Å². The minimum absolute atomic E-state index is 0.279. The van der Waals surface area contributed by atoms with Gasteiger partial charge in [0.25, 0.3) is 0 Å². The molecular formula is C4H8O3. The maximum absolute atomic E-state index is 8.62. The standard InChI is InChI=1S/C4H8O3/c5-3-1-7-2-4(3)6/h3-6H,1-2H2/t3-,4-/m1/s1. The quantitative estimate of drug-likeness (QED) is 0.403. The van der Waals surface area contributed by atoms with Crippen molar-refractivity contribution in [3.8, 4) is 0 Å². The summed E-state index contributed by atoms with van der Waals surface area (Å²) in [5.41, 5.74) is 0. The summed E-state index contributed by atoms with van der Waals surface area (Å²) >= 11 is 0. The van der Waals surface area contributed by atoms with Gasteiger partial charge in [0.1, 0.15) is 12.2 Å². The molecule has 0 aromatic carbocycles. The summed E-state index contributed by atoms with van der Waals surface area (Å²) in [7, 11) is 0. The molecule has 0 aliphatic carbocycles. The first-order chi connectivity index (χ1) is 3.30. The van der Waals surface area contributed by atoms with Crippen LogP contribution >= 0.6 is 0 Å². The second-order valence-electron chi connectivity index (χ2n) is 1.67. The van der Waals surface area contributed by atoms with Crippen molar-refractivity contribution in [2.24, 2.45) is 0 Å². The van der Waals surface area contributed by atoms with E-state index >= 15 is 0 Å². The van der Waals surface area contributed by atoms with Crippen LogP contribution in [0.4, 0.5) is 0 Å². The van der Waals surface area contributed by atoms with Gasteiger partial charge in [0.05, 0.1) is 13.2 Å². The van der Waals surface area contributed by atoms with E-state index in [-0.39, 0.29) is 13.2 Å². The third-order valence-corrected chi connectivity index (χ3v) is 1.02. The van der Waals surface area contributed by atoms with Crippen LogP contribution in [-0.4, -0.2) is 35.6 Å². The van der Waals surface area contributed by atoms with Crippen LogP contribution in [0.1, 0.15) is 0 Å². The third-order valence-electron chi connectivity index (χ3n) is 1.02. The van der Waals surface area contributed by atoms with Crippen molar-refractivity contribution in [3.63, 3.8) is 0 Å². The maximum atomic E-state index is 8.62. The highest BCUT2D eigenvalue weighted by Crippen LogP contribution is 2.02. The van der Waals surface area contributed by atoms with E-state index in [2.05, 4.69) is 4.74 Å². The minimum Gasteiger partial charge on any atom is -0.388 e. The Morgan fingerprint density at radius 1 is 1.14 bits per heavy atom. The molecule has 2 atom stereocenters. The van der Waals surface area contributed by atoms with E-state index in [0.29, 0.717) is 0 Å². The van der Waals surface area contributed by atoms with E-state index in [4.69, 9.17) is 10.2 Å². The second kappa shape index (κ2) is 1.78. The predicted molar refractivity (Wildman–Crippen MR) is 22.8 cm³/mol. The first-order valence-corrected chi connectivity index (χ1v) is 2.24. The summed E-state index contributed by atoms with van der Waals surface area (Å²) in [6, 6.07) is 0. The lowest BCUT2D eigenvalue weighted by Crippen LogP contribution is -2.22. The molecule has 1 aliphatic rings. The Bertz CT molecular complexity index is 56.0. The number of ether oxygens (including phenoxy) is 1. The van der Waals surface area contributed by atoms with Crippen molar-refractivity contribution in [2.75, 3.05) is 13.2 Å². The normalized spacial score (nSPS) is 42.0. The number of aliphatic hydroxyl groups excluding tert-OH is 2. The van der Waals surface area contributed by atoms with Crippen LogP contribution in [-0.2, 0) is 4.74 Å². The van der Waals surface area contributed by atoms with E-state index in [1.54, 1.807) is 0 Å². The lowest BCUT2D eigenvalue weighted by molar-refractivity contribution is 0.0572. The monoisotopic (exact) mass is 104 g/mol. The van der Waals surface area contributed by atoms with Crippen molar-refractivity contribution < 1.29 is 14.9 Å². The van der Waals surface area contributed by atoms with Crippen molar-refractivity contribution >= 4 is 0 Å². The highest BCUT2D eigenvalue weighted by molar-refractivity contribution is 4.71. The van der Waals surface area contributed by atoms with Gasteiger partial charge in [0, 0.05) is 0 Å². The Hall–Kier alpha value is -0.120. The molecule has 1 heterocycles. The fourth-order valence-electron chi connectivity index (χ4n) is 0.532. The Kier molecular flexibility index (Phi) is 1.27. The van der Waals surface area contributed by atoms with Crippen LogP contribution in [0.5, 0.6) is 0 Å². The van der Waals surface area contributed by atoms with Gasteiger partial charge in [-0.3, -0.25) is 0 Å². The number of rotatable bonds is 0. The van der Waals surface area contributed by atoms with Gasteiger partial charge >= 0.3 is 0 Å². The summed E-state index contributed by atoms with van der Waals surface area (Å²) in [6.45, 7) is 0.558. The van der Waals surface area contributed by atoms with Crippen molar-refractivity contribution in [3.05, 3.63) is 0 Å². The van der Waals surface area contributed by atoms with E-state index in [1.165, 1.54) is 0 Å². The number of hydrogen-bond acceptors (Lipinski definition) is 3. The zero-order chi connectivity index (χ0) is 5.28. The van der Waals surface area contributed by atoms with Crippen molar-refractivity contribution in [2.45, 2.75) is 12.2 Å². The van der Waals surface area contributed by atoms with Crippen LogP contribution in [0.3, 0.4) is 0 Å². The molecule has 3 heteroatoms. The van der Waals surface area contributed by atoms with Gasteiger partial charge in [-0.25, -0.2) is 0 Å². The van der Waals surface area contributed by atoms with Gasteiger partial charge in [-0.15, -0.1) is 0 Å². The van der Waals surface area contributed by atoms with E-state index in [9.17, 15) is 0 Å². The van der Waals surface area contributed by atoms with Crippen LogP contribution in [0.25, 0.3) is 0 Å². The molecule has 0 aromatic heterocycles. The molecular weight excluding hydrogens is 96.0 g/mol. The Labute approximate surface area is 41.5 Å². The van der Waals surface area contributed by atoms with E-state index in [1.807, 2.05) is 0 Å². The van der Waals surface area contributed by atoms with Gasteiger partial charge in [-0.1, -0.05) is 0 Å². The largest absolute Gasteiger partial charge is 0.388 e. The zero-order valence-electron chi connectivity index (χ0n) is 3.87. The van der Waals surface area contributed by atoms with Gasteiger partial charge in [0.15, 0.2) is 0 Å². The van der Waals surface area contributed by atoms with Gasteiger partial charge in [-0.05, 0) is 0 Å². The molecule has 2 N–H and O–H groups in total. The molecule has 42 valence electrons. The molecule has 0 spiro atoms. The first-order valence-electron chi connectivity index (χ1n) is 2.24. The molecule has 1 fully saturated rings. The van der Waals surface area contributed by atoms with Gasteiger partial charge < -0.3 is 14.9 Å². The Balaban J connectivity index is 2.33. The molecule has 7 heavy (non-hydrogen) atoms. The lowest BCUT2D eigenvalue weighted by Gasteiger charge is -2.00. The van der Waals surface area contributed by atoms with Gasteiger partial charge in [-0.2, -0.15) is 0 Å². The lowest BCUT2D eigenvalue weighted by atomic mass is 10.3. The summed E-state index contributed by atoms with van der Waals surface area (Å²) in [5, 5.41) is 17.2. The van der Waals surface area contributed by atoms with Crippen LogP contribution in [0.2, 0.25) is 0 Å². The summed E-state index contributed by atoms with van der Waals surface area (Å²) in [4.78, 5) is 0. The molecule has 0 unspecified atom stereocenters.